The number of hydrogen-bond donors (Lipinski definition) is 2. The van der Waals surface area contributed by atoms with Gasteiger partial charge in [-0.15, -0.1) is 0 Å². The van der Waals surface area contributed by atoms with Gasteiger partial charge in [0.25, 0.3) is 0 Å². The molecule has 0 aliphatic rings. The second-order valence-corrected chi connectivity index (χ2v) is 2.10. The van der Waals surface area contributed by atoms with Gasteiger partial charge in [-0.1, -0.05) is 12.1 Å². The molecule has 0 unspecified atom stereocenters. The molecule has 1 rings (SSSR count). The lowest BCUT2D eigenvalue weighted by molar-refractivity contribution is 0.0698. The summed E-state index contributed by atoms with van der Waals surface area (Å²) >= 11 is 0. The van der Waals surface area contributed by atoms with Crippen molar-refractivity contribution in [3.05, 3.63) is 29.8 Å². The highest BCUT2D eigenvalue weighted by molar-refractivity contribution is 5.94. The summed E-state index contributed by atoms with van der Waals surface area (Å²) in [6.07, 6.45) is 0. The summed E-state index contributed by atoms with van der Waals surface area (Å²) in [5.41, 5.74) is 0.940. The smallest absolute Gasteiger partial charge is 0.337 e. The van der Waals surface area contributed by atoms with Gasteiger partial charge in [-0.3, -0.25) is 0 Å². The Balaban J connectivity index is 0.00000121. The van der Waals surface area contributed by atoms with Crippen molar-refractivity contribution in [3.8, 4) is 0 Å². The van der Waals surface area contributed by atoms with E-state index in [0.29, 0.717) is 11.3 Å². The van der Waals surface area contributed by atoms with Gasteiger partial charge in [-0.2, -0.15) is 0 Å². The van der Waals surface area contributed by atoms with Gasteiger partial charge >= 0.3 is 5.97 Å². The third kappa shape index (κ3) is 1.96. The molecule has 4 N–H and O–H groups in total. The SMILES string of the molecule is CNc1ccccc1C(=O)O.O. The second-order valence-electron chi connectivity index (χ2n) is 2.10. The summed E-state index contributed by atoms with van der Waals surface area (Å²) in [5, 5.41) is 11.5. The molecule has 12 heavy (non-hydrogen) atoms. The van der Waals surface area contributed by atoms with Crippen LogP contribution >= 0.6 is 0 Å². The molecule has 0 saturated heterocycles. The number of anilines is 1. The Bertz CT molecular complexity index is 273. The number of rotatable bonds is 2. The van der Waals surface area contributed by atoms with E-state index in [1.54, 1.807) is 31.3 Å². The molecule has 4 nitrogen and oxygen atoms in total. The van der Waals surface area contributed by atoms with Gasteiger partial charge in [-0.05, 0) is 12.1 Å². The molecule has 0 amide bonds. The Morgan fingerprint density at radius 3 is 2.42 bits per heavy atom. The first-order valence-electron chi connectivity index (χ1n) is 3.26. The predicted molar refractivity (Wildman–Crippen MR) is 46.6 cm³/mol. The number of carbonyl (C=O) groups is 1. The quantitative estimate of drug-likeness (QED) is 0.680. The number of carboxylic acids is 1. The van der Waals surface area contributed by atoms with Crippen molar-refractivity contribution in [1.29, 1.82) is 0 Å². The van der Waals surface area contributed by atoms with Crippen molar-refractivity contribution < 1.29 is 15.4 Å². The molecule has 0 aliphatic heterocycles. The van der Waals surface area contributed by atoms with E-state index in [0.717, 1.165) is 0 Å². The van der Waals surface area contributed by atoms with Crippen molar-refractivity contribution >= 4 is 11.7 Å². The van der Waals surface area contributed by atoms with E-state index in [1.807, 2.05) is 0 Å². The van der Waals surface area contributed by atoms with Gasteiger partial charge in [0.1, 0.15) is 0 Å². The number of benzene rings is 1. The summed E-state index contributed by atoms with van der Waals surface area (Å²) in [7, 11) is 1.70. The highest BCUT2D eigenvalue weighted by Gasteiger charge is 2.05. The summed E-state index contributed by atoms with van der Waals surface area (Å²) in [4.78, 5) is 10.5. The number of para-hydroxylation sites is 1. The molecule has 4 heteroatoms. The van der Waals surface area contributed by atoms with E-state index in [-0.39, 0.29) is 5.48 Å². The van der Waals surface area contributed by atoms with Crippen LogP contribution in [0, 0.1) is 0 Å². The average molecular weight is 169 g/mol. The normalized spacial score (nSPS) is 8.42. The first-order chi connectivity index (χ1) is 5.25. The molecule has 0 atom stereocenters. The van der Waals surface area contributed by atoms with Crippen molar-refractivity contribution in [2.24, 2.45) is 0 Å². The van der Waals surface area contributed by atoms with Crippen molar-refractivity contribution in [1.82, 2.24) is 0 Å². The maximum Gasteiger partial charge on any atom is 0.337 e. The maximum absolute atomic E-state index is 10.5. The fourth-order valence-corrected chi connectivity index (χ4v) is 0.888. The molecule has 0 radical (unpaired) electrons. The lowest BCUT2D eigenvalue weighted by atomic mass is 10.2. The molecular formula is C8H11NO3. The molecule has 0 aromatic heterocycles. The Morgan fingerprint density at radius 1 is 1.42 bits per heavy atom. The zero-order valence-electron chi connectivity index (χ0n) is 6.66. The Morgan fingerprint density at radius 2 is 2.00 bits per heavy atom. The highest BCUT2D eigenvalue weighted by Crippen LogP contribution is 2.12. The van der Waals surface area contributed by atoms with Crippen LogP contribution in [0.25, 0.3) is 0 Å². The first-order valence-corrected chi connectivity index (χ1v) is 3.26. The van der Waals surface area contributed by atoms with Crippen LogP contribution in [0.3, 0.4) is 0 Å². The third-order valence-electron chi connectivity index (χ3n) is 1.43. The Labute approximate surface area is 70.1 Å². The molecule has 0 bridgehead atoms. The lowest BCUT2D eigenvalue weighted by Crippen LogP contribution is -2.01. The topological polar surface area (TPSA) is 80.8 Å². The molecular weight excluding hydrogens is 158 g/mol. The van der Waals surface area contributed by atoms with E-state index in [9.17, 15) is 4.79 Å². The second kappa shape index (κ2) is 4.35. The number of aromatic carboxylic acids is 1. The van der Waals surface area contributed by atoms with Gasteiger partial charge in [-0.25, -0.2) is 4.79 Å². The number of carboxylic acid groups (broad SMARTS) is 1. The minimum Gasteiger partial charge on any atom is -0.478 e. The first kappa shape index (κ1) is 10.4. The van der Waals surface area contributed by atoms with Crippen LogP contribution in [0.1, 0.15) is 10.4 Å². The van der Waals surface area contributed by atoms with E-state index >= 15 is 0 Å². The summed E-state index contributed by atoms with van der Waals surface area (Å²) in [6.45, 7) is 0. The van der Waals surface area contributed by atoms with E-state index in [2.05, 4.69) is 5.32 Å². The monoisotopic (exact) mass is 169 g/mol. The molecule has 0 spiro atoms. The zero-order chi connectivity index (χ0) is 8.27. The van der Waals surface area contributed by atoms with E-state index in [4.69, 9.17) is 5.11 Å². The molecule has 0 fully saturated rings. The fraction of sp³-hybridized carbons (Fsp3) is 0.125. The van der Waals surface area contributed by atoms with Crippen LogP contribution in [0.5, 0.6) is 0 Å². The molecule has 0 saturated carbocycles. The summed E-state index contributed by atoms with van der Waals surface area (Å²) in [6, 6.07) is 6.78. The highest BCUT2D eigenvalue weighted by atomic mass is 16.4. The van der Waals surface area contributed by atoms with Crippen molar-refractivity contribution in [2.45, 2.75) is 0 Å². The standard InChI is InChI=1S/C8H9NO2.H2O/c1-9-7-5-3-2-4-6(7)8(10)11;/h2-5,9H,1H3,(H,10,11);1H2. The van der Waals surface area contributed by atoms with Gasteiger partial charge in [0, 0.05) is 12.7 Å². The number of nitrogens with one attached hydrogen (secondary N) is 1. The fourth-order valence-electron chi connectivity index (χ4n) is 0.888. The van der Waals surface area contributed by atoms with Gasteiger partial charge in [0.2, 0.25) is 0 Å². The Kier molecular flexibility index (Phi) is 3.79. The van der Waals surface area contributed by atoms with Crippen LogP contribution < -0.4 is 5.32 Å². The third-order valence-corrected chi connectivity index (χ3v) is 1.43. The summed E-state index contributed by atoms with van der Waals surface area (Å²) in [5.74, 6) is -0.907. The van der Waals surface area contributed by atoms with Crippen LogP contribution in [-0.4, -0.2) is 23.6 Å². The van der Waals surface area contributed by atoms with Gasteiger partial charge in [0.05, 0.1) is 5.56 Å². The van der Waals surface area contributed by atoms with Crippen LogP contribution in [0.15, 0.2) is 24.3 Å². The molecule has 66 valence electrons. The Hall–Kier alpha value is -1.55. The lowest BCUT2D eigenvalue weighted by Gasteiger charge is -2.02. The number of hydrogen-bond acceptors (Lipinski definition) is 2. The largest absolute Gasteiger partial charge is 0.478 e. The van der Waals surface area contributed by atoms with Gasteiger partial charge in [0.15, 0.2) is 0 Å². The van der Waals surface area contributed by atoms with Crippen molar-refractivity contribution in [3.63, 3.8) is 0 Å². The molecule has 0 heterocycles. The van der Waals surface area contributed by atoms with Crippen molar-refractivity contribution in [2.75, 3.05) is 12.4 Å². The zero-order valence-corrected chi connectivity index (χ0v) is 6.66. The molecule has 0 aliphatic carbocycles. The molecule has 1 aromatic carbocycles. The van der Waals surface area contributed by atoms with E-state index < -0.39 is 5.97 Å². The minimum absolute atomic E-state index is 0. The van der Waals surface area contributed by atoms with Gasteiger partial charge < -0.3 is 15.9 Å². The molecule has 1 aromatic rings. The average Bonchev–Trinajstić information content (AvgIpc) is 2.04. The minimum atomic E-state index is -0.907. The summed E-state index contributed by atoms with van der Waals surface area (Å²) < 4.78 is 0. The predicted octanol–water partition coefficient (Wildman–Crippen LogP) is 0.602. The van der Waals surface area contributed by atoms with Crippen LogP contribution in [-0.2, 0) is 0 Å². The van der Waals surface area contributed by atoms with Crippen LogP contribution in [0.2, 0.25) is 0 Å². The van der Waals surface area contributed by atoms with Crippen LogP contribution in [0.4, 0.5) is 5.69 Å². The van der Waals surface area contributed by atoms with E-state index in [1.165, 1.54) is 0 Å². The maximum atomic E-state index is 10.5.